The normalized spacial score (nSPS) is 18.1. The van der Waals surface area contributed by atoms with Crippen LogP contribution < -0.4 is 10.6 Å². The van der Waals surface area contributed by atoms with Gasteiger partial charge in [-0.1, -0.05) is 12.1 Å². The summed E-state index contributed by atoms with van der Waals surface area (Å²) in [6.45, 7) is 1.48. The van der Waals surface area contributed by atoms with Crippen LogP contribution in [-0.2, 0) is 5.92 Å². The van der Waals surface area contributed by atoms with Gasteiger partial charge in [-0.25, -0.2) is 5.32 Å². The minimum atomic E-state index is -5.58. The molecule has 0 saturated carbocycles. The fourth-order valence-electron chi connectivity index (χ4n) is 2.07. The lowest BCUT2D eigenvalue weighted by atomic mass is 10.0. The first-order chi connectivity index (χ1) is 9.30. The third-order valence-electron chi connectivity index (χ3n) is 3.25. The maximum atomic E-state index is 13.1. The lowest BCUT2D eigenvalue weighted by Crippen LogP contribution is -2.33. The Bertz CT molecular complexity index is 435. The third-order valence-corrected chi connectivity index (χ3v) is 3.25. The average molecular weight is 293 g/mol. The molecule has 20 heavy (non-hydrogen) atoms. The second-order valence-corrected chi connectivity index (χ2v) is 4.74. The molecule has 0 amide bonds. The van der Waals surface area contributed by atoms with Crippen LogP contribution in [0.5, 0.6) is 0 Å². The molecule has 7 heteroatoms. The highest BCUT2D eigenvalue weighted by Gasteiger charge is 2.58. The molecule has 2 nitrogen and oxygen atoms in total. The van der Waals surface area contributed by atoms with Crippen LogP contribution in [0.25, 0.3) is 0 Å². The van der Waals surface area contributed by atoms with Crippen molar-refractivity contribution in [1.29, 1.82) is 0 Å². The highest BCUT2D eigenvalue weighted by atomic mass is 19.4. The van der Waals surface area contributed by atoms with Crippen molar-refractivity contribution in [2.75, 3.05) is 18.4 Å². The van der Waals surface area contributed by atoms with Gasteiger partial charge in [0.05, 0.1) is 0 Å². The number of hydrogen-bond acceptors (Lipinski definition) is 1. The Kier molecular flexibility index (Phi) is 4.17. The van der Waals surface area contributed by atoms with E-state index in [0.29, 0.717) is 5.69 Å². The summed E-state index contributed by atoms with van der Waals surface area (Å²) in [4.78, 5) is 0. The van der Waals surface area contributed by atoms with Crippen LogP contribution in [0.2, 0.25) is 0 Å². The van der Waals surface area contributed by atoms with Crippen LogP contribution in [0.15, 0.2) is 24.3 Å². The van der Waals surface area contributed by atoms with Crippen molar-refractivity contribution in [3.05, 3.63) is 29.8 Å². The lowest BCUT2D eigenvalue weighted by molar-refractivity contribution is -0.289. The number of nitrogens with one attached hydrogen (secondary N) is 1. The number of halogens is 5. The van der Waals surface area contributed by atoms with Crippen molar-refractivity contribution >= 4 is 5.69 Å². The molecule has 0 spiro atoms. The van der Waals surface area contributed by atoms with Gasteiger partial charge in [0.25, 0.3) is 0 Å². The molecule has 0 aliphatic carbocycles. The van der Waals surface area contributed by atoms with Crippen molar-refractivity contribution in [1.82, 2.24) is 5.32 Å². The summed E-state index contributed by atoms with van der Waals surface area (Å²) in [5.41, 5.74) is -0.507. The van der Waals surface area contributed by atoms with Crippen LogP contribution in [0.3, 0.4) is 0 Å². The van der Waals surface area contributed by atoms with E-state index in [1.165, 1.54) is 12.1 Å². The van der Waals surface area contributed by atoms with E-state index in [1.807, 2.05) is 0 Å². The first-order valence-electron chi connectivity index (χ1n) is 6.25. The van der Waals surface area contributed by atoms with Gasteiger partial charge in [-0.3, -0.25) is 0 Å². The molecule has 1 aromatic carbocycles. The standard InChI is InChI=1S/C13H14F5N2/c14-12(15,13(16,17)18)9-1-3-10(4-2-9)20-11-5-7-19-8-6-11/h1-4,11,20H,5-8H2. The molecule has 1 N–H and O–H groups in total. The van der Waals surface area contributed by atoms with E-state index >= 15 is 0 Å². The fraction of sp³-hybridized carbons (Fsp3) is 0.538. The van der Waals surface area contributed by atoms with Gasteiger partial charge >= 0.3 is 12.1 Å². The average Bonchev–Trinajstić information content (AvgIpc) is 2.39. The smallest absolute Gasteiger partial charge is 0.382 e. The molecular weight excluding hydrogens is 279 g/mol. The predicted octanol–water partition coefficient (Wildman–Crippen LogP) is 3.52. The van der Waals surface area contributed by atoms with Crippen molar-refractivity contribution in [2.45, 2.75) is 31.0 Å². The molecule has 1 aliphatic heterocycles. The summed E-state index contributed by atoms with van der Waals surface area (Å²) >= 11 is 0. The Morgan fingerprint density at radius 2 is 1.50 bits per heavy atom. The quantitative estimate of drug-likeness (QED) is 0.848. The topological polar surface area (TPSA) is 26.1 Å². The van der Waals surface area contributed by atoms with E-state index in [0.717, 1.165) is 38.1 Å². The fourth-order valence-corrected chi connectivity index (χ4v) is 2.07. The first-order valence-corrected chi connectivity index (χ1v) is 6.25. The van der Waals surface area contributed by atoms with Gasteiger partial charge in [-0.05, 0) is 25.0 Å². The molecule has 2 rings (SSSR count). The lowest BCUT2D eigenvalue weighted by Gasteiger charge is -2.24. The molecule has 0 atom stereocenters. The molecular formula is C13H14F5N2. The summed E-state index contributed by atoms with van der Waals surface area (Å²) in [5, 5.41) is 7.29. The van der Waals surface area contributed by atoms with Gasteiger partial charge in [0.1, 0.15) is 0 Å². The van der Waals surface area contributed by atoms with Gasteiger partial charge in [-0.2, -0.15) is 22.0 Å². The van der Waals surface area contributed by atoms with E-state index < -0.39 is 17.7 Å². The number of rotatable bonds is 3. The Labute approximate surface area is 113 Å². The molecule has 1 aliphatic rings. The van der Waals surface area contributed by atoms with Gasteiger partial charge in [-0.15, -0.1) is 0 Å². The van der Waals surface area contributed by atoms with E-state index in [-0.39, 0.29) is 6.04 Å². The summed E-state index contributed by atoms with van der Waals surface area (Å²) in [6, 6.07) is 4.30. The third kappa shape index (κ3) is 3.20. The number of alkyl halides is 5. The number of piperidine rings is 1. The molecule has 1 radical (unpaired) electrons. The molecule has 1 heterocycles. The second-order valence-electron chi connectivity index (χ2n) is 4.74. The van der Waals surface area contributed by atoms with Crippen LogP contribution in [0.1, 0.15) is 18.4 Å². The summed E-state index contributed by atoms with van der Waals surface area (Å²) in [5.74, 6) is -4.82. The predicted molar refractivity (Wildman–Crippen MR) is 64.9 cm³/mol. The Morgan fingerprint density at radius 1 is 0.950 bits per heavy atom. The zero-order valence-electron chi connectivity index (χ0n) is 10.6. The summed E-state index contributed by atoms with van der Waals surface area (Å²) < 4.78 is 62.8. The van der Waals surface area contributed by atoms with Crippen LogP contribution in [0.4, 0.5) is 27.6 Å². The van der Waals surface area contributed by atoms with Gasteiger partial charge in [0.15, 0.2) is 0 Å². The second kappa shape index (κ2) is 5.55. The van der Waals surface area contributed by atoms with Crippen molar-refractivity contribution in [3.8, 4) is 0 Å². The minimum absolute atomic E-state index is 0.182. The summed E-state index contributed by atoms with van der Waals surface area (Å²) in [7, 11) is 0. The van der Waals surface area contributed by atoms with Crippen molar-refractivity contribution < 1.29 is 22.0 Å². The maximum absolute atomic E-state index is 13.1. The highest BCUT2D eigenvalue weighted by molar-refractivity contribution is 5.46. The SMILES string of the molecule is FC(F)(F)C(F)(F)c1ccc(NC2CC[N]CC2)cc1. The first kappa shape index (κ1) is 15.0. The van der Waals surface area contributed by atoms with E-state index in [2.05, 4.69) is 10.6 Å². The molecule has 0 unspecified atom stereocenters. The molecule has 0 bridgehead atoms. The largest absolute Gasteiger partial charge is 0.458 e. The van der Waals surface area contributed by atoms with E-state index in [9.17, 15) is 22.0 Å². The number of benzene rings is 1. The highest BCUT2D eigenvalue weighted by Crippen LogP contribution is 2.43. The van der Waals surface area contributed by atoms with Gasteiger partial charge < -0.3 is 5.32 Å². The van der Waals surface area contributed by atoms with Crippen molar-refractivity contribution in [3.63, 3.8) is 0 Å². The number of anilines is 1. The van der Waals surface area contributed by atoms with Crippen LogP contribution >= 0.6 is 0 Å². The maximum Gasteiger partial charge on any atom is 0.458 e. The van der Waals surface area contributed by atoms with Crippen LogP contribution in [0, 0.1) is 0 Å². The van der Waals surface area contributed by atoms with Crippen LogP contribution in [-0.4, -0.2) is 25.3 Å². The van der Waals surface area contributed by atoms with Crippen molar-refractivity contribution in [2.24, 2.45) is 0 Å². The number of hydrogen-bond donors (Lipinski definition) is 1. The number of nitrogens with zero attached hydrogens (tertiary/aromatic N) is 1. The molecule has 0 aromatic heterocycles. The van der Waals surface area contributed by atoms with Gasteiger partial charge in [0, 0.05) is 30.4 Å². The molecule has 111 valence electrons. The van der Waals surface area contributed by atoms with E-state index in [4.69, 9.17) is 0 Å². The minimum Gasteiger partial charge on any atom is -0.382 e. The molecule has 1 fully saturated rings. The molecule has 1 aromatic rings. The Morgan fingerprint density at radius 3 is 2.00 bits per heavy atom. The summed E-state index contributed by atoms with van der Waals surface area (Å²) in [6.07, 6.45) is -3.91. The zero-order valence-corrected chi connectivity index (χ0v) is 10.6. The Hall–Kier alpha value is -1.37. The monoisotopic (exact) mass is 293 g/mol. The molecule has 1 saturated heterocycles. The zero-order chi connectivity index (χ0) is 14.8. The van der Waals surface area contributed by atoms with Gasteiger partial charge in [0.2, 0.25) is 0 Å². The van der Waals surface area contributed by atoms with E-state index in [1.54, 1.807) is 0 Å². The Balaban J connectivity index is 2.06.